The second-order valence-corrected chi connectivity index (χ2v) is 8.11. The molecule has 2 heterocycles. The molecule has 2 aliphatic heterocycles. The van der Waals surface area contributed by atoms with E-state index in [0.717, 1.165) is 5.56 Å². The first-order chi connectivity index (χ1) is 16.0. The van der Waals surface area contributed by atoms with E-state index in [1.165, 1.54) is 46.2 Å². The molecule has 0 bridgehead atoms. The van der Waals surface area contributed by atoms with Gasteiger partial charge in [0.25, 0.3) is 5.91 Å². The molecule has 1 saturated heterocycles. The quantitative estimate of drug-likeness (QED) is 0.635. The predicted octanol–water partition coefficient (Wildman–Crippen LogP) is 3.99. The van der Waals surface area contributed by atoms with Gasteiger partial charge in [0, 0.05) is 18.2 Å². The molecule has 0 aliphatic carbocycles. The number of carbonyl (C=O) groups excluding carboxylic acids is 2. The number of aliphatic hydroxyl groups is 1. The number of amides is 3. The largest absolute Gasteiger partial charge is 0.394 e. The van der Waals surface area contributed by atoms with Crippen LogP contribution in [0.5, 0.6) is 0 Å². The number of carbonyl (C=O) groups is 2. The average molecular weight is 449 g/mol. The molecule has 6 nitrogen and oxygen atoms in total. The smallest absolute Gasteiger partial charge is 0.326 e. The zero-order valence-corrected chi connectivity index (χ0v) is 17.5. The fourth-order valence-corrected chi connectivity index (χ4v) is 4.88. The number of nitrogens with one attached hydrogen (secondary N) is 1. The number of nitrogens with zero attached hydrogens (tertiary/aromatic N) is 2. The van der Waals surface area contributed by atoms with Gasteiger partial charge in [-0.05, 0) is 35.9 Å². The van der Waals surface area contributed by atoms with Crippen LogP contribution in [-0.4, -0.2) is 47.2 Å². The second kappa shape index (κ2) is 8.29. The third kappa shape index (κ3) is 3.43. The molecular weight excluding hydrogens is 428 g/mol. The summed E-state index contributed by atoms with van der Waals surface area (Å²) < 4.78 is 28.4. The van der Waals surface area contributed by atoms with E-state index >= 15 is 0 Å². The van der Waals surface area contributed by atoms with E-state index in [0.29, 0.717) is 5.69 Å². The lowest BCUT2D eigenvalue weighted by Crippen LogP contribution is -2.71. The molecule has 0 saturated carbocycles. The summed E-state index contributed by atoms with van der Waals surface area (Å²) in [5.41, 5.74) is 1.39. The van der Waals surface area contributed by atoms with E-state index in [9.17, 15) is 23.5 Å². The molecule has 33 heavy (non-hydrogen) atoms. The maximum atomic E-state index is 14.3. The summed E-state index contributed by atoms with van der Waals surface area (Å²) in [6.07, 6.45) is 0. The van der Waals surface area contributed by atoms with Crippen LogP contribution in [0.4, 0.5) is 25.0 Å². The molecule has 5 rings (SSSR count). The number of fused-ring (bicyclic) bond motifs is 3. The summed E-state index contributed by atoms with van der Waals surface area (Å²) in [6.45, 7) is -0.171. The number of rotatable bonds is 3. The Morgan fingerprint density at radius 3 is 2.33 bits per heavy atom. The number of hydrogen-bond donors (Lipinski definition) is 2. The molecule has 3 aromatic rings. The van der Waals surface area contributed by atoms with Gasteiger partial charge in [0.2, 0.25) is 0 Å². The first kappa shape index (κ1) is 21.1. The third-order valence-electron chi connectivity index (χ3n) is 6.39. The lowest BCUT2D eigenvalue weighted by molar-refractivity contribution is -0.0244. The Bertz CT molecular complexity index is 1230. The Balaban J connectivity index is 1.49. The summed E-state index contributed by atoms with van der Waals surface area (Å²) in [7, 11) is 0. The third-order valence-corrected chi connectivity index (χ3v) is 6.39. The van der Waals surface area contributed by atoms with Crippen molar-refractivity contribution in [2.24, 2.45) is 0 Å². The highest BCUT2D eigenvalue weighted by Gasteiger charge is 2.55. The first-order valence-corrected chi connectivity index (χ1v) is 10.6. The minimum absolute atomic E-state index is 0.0447. The molecule has 2 N–H and O–H groups in total. The van der Waals surface area contributed by atoms with Gasteiger partial charge in [-0.15, -0.1) is 0 Å². The Morgan fingerprint density at radius 1 is 0.939 bits per heavy atom. The molecule has 2 aliphatic rings. The van der Waals surface area contributed by atoms with Gasteiger partial charge in [-0.25, -0.2) is 13.6 Å². The fraction of sp³-hybridized carbons (Fsp3) is 0.200. The van der Waals surface area contributed by atoms with E-state index in [4.69, 9.17) is 0 Å². The molecular formula is C25H21F2N3O3. The molecule has 168 valence electrons. The van der Waals surface area contributed by atoms with Gasteiger partial charge >= 0.3 is 6.03 Å². The number of para-hydroxylation sites is 2. The molecule has 3 amide bonds. The van der Waals surface area contributed by atoms with E-state index in [1.807, 2.05) is 12.1 Å². The van der Waals surface area contributed by atoms with Gasteiger partial charge < -0.3 is 15.3 Å². The summed E-state index contributed by atoms with van der Waals surface area (Å²) in [6, 6.07) is 17.2. The Kier molecular flexibility index (Phi) is 5.30. The normalized spacial score (nSPS) is 21.0. The zero-order chi connectivity index (χ0) is 23.1. The van der Waals surface area contributed by atoms with Crippen molar-refractivity contribution in [2.45, 2.75) is 18.0 Å². The van der Waals surface area contributed by atoms with Crippen LogP contribution in [0.15, 0.2) is 72.8 Å². The van der Waals surface area contributed by atoms with Gasteiger partial charge in [0.15, 0.2) is 0 Å². The minimum Gasteiger partial charge on any atom is -0.394 e. The Labute approximate surface area is 189 Å². The molecule has 3 aromatic carbocycles. The van der Waals surface area contributed by atoms with Gasteiger partial charge in [-0.3, -0.25) is 9.69 Å². The summed E-state index contributed by atoms with van der Waals surface area (Å²) in [5, 5.41) is 12.7. The van der Waals surface area contributed by atoms with Crippen molar-refractivity contribution >= 4 is 23.3 Å². The van der Waals surface area contributed by atoms with E-state index in [1.54, 1.807) is 24.3 Å². The highest BCUT2D eigenvalue weighted by Crippen LogP contribution is 2.48. The van der Waals surface area contributed by atoms with Crippen LogP contribution < -0.4 is 10.2 Å². The SMILES string of the molecule is O=C(Nc1ccccc1F)N1C[C@@H]2[C@H](c3ccccc31)[C@H](CO)N2C(=O)c1ccccc1F. The zero-order valence-electron chi connectivity index (χ0n) is 17.5. The number of anilines is 2. The average Bonchev–Trinajstić information content (AvgIpc) is 2.81. The summed E-state index contributed by atoms with van der Waals surface area (Å²) in [4.78, 5) is 29.3. The number of likely N-dealkylation sites (tertiary alicyclic amines) is 1. The van der Waals surface area contributed by atoms with Crippen molar-refractivity contribution < 1.29 is 23.5 Å². The molecule has 8 heteroatoms. The molecule has 0 spiro atoms. The number of aliphatic hydroxyl groups excluding tert-OH is 1. The molecule has 0 radical (unpaired) electrons. The number of hydrogen-bond acceptors (Lipinski definition) is 3. The Morgan fingerprint density at radius 2 is 1.61 bits per heavy atom. The van der Waals surface area contributed by atoms with Crippen LogP contribution in [0.1, 0.15) is 21.8 Å². The van der Waals surface area contributed by atoms with Crippen LogP contribution in [0.25, 0.3) is 0 Å². The fourth-order valence-electron chi connectivity index (χ4n) is 4.88. The maximum Gasteiger partial charge on any atom is 0.326 e. The highest BCUT2D eigenvalue weighted by atomic mass is 19.1. The van der Waals surface area contributed by atoms with Gasteiger partial charge in [-0.1, -0.05) is 42.5 Å². The van der Waals surface area contributed by atoms with E-state index in [-0.39, 0.29) is 30.3 Å². The van der Waals surface area contributed by atoms with Crippen molar-refractivity contribution in [2.75, 3.05) is 23.4 Å². The molecule has 1 fully saturated rings. The summed E-state index contributed by atoms with van der Waals surface area (Å²) >= 11 is 0. The van der Waals surface area contributed by atoms with Gasteiger partial charge in [0.05, 0.1) is 29.9 Å². The van der Waals surface area contributed by atoms with Crippen molar-refractivity contribution in [1.82, 2.24) is 4.90 Å². The minimum atomic E-state index is -0.645. The van der Waals surface area contributed by atoms with Crippen LogP contribution in [0.2, 0.25) is 0 Å². The van der Waals surface area contributed by atoms with Crippen molar-refractivity contribution in [3.05, 3.63) is 95.6 Å². The maximum absolute atomic E-state index is 14.3. The van der Waals surface area contributed by atoms with Crippen molar-refractivity contribution in [3.63, 3.8) is 0 Å². The topological polar surface area (TPSA) is 72.9 Å². The monoisotopic (exact) mass is 449 g/mol. The highest BCUT2D eigenvalue weighted by molar-refractivity contribution is 6.03. The predicted molar refractivity (Wildman–Crippen MR) is 119 cm³/mol. The van der Waals surface area contributed by atoms with Crippen molar-refractivity contribution in [1.29, 1.82) is 0 Å². The van der Waals surface area contributed by atoms with Crippen LogP contribution in [0, 0.1) is 11.6 Å². The summed E-state index contributed by atoms with van der Waals surface area (Å²) in [5.74, 6) is -1.95. The number of benzene rings is 3. The van der Waals surface area contributed by atoms with E-state index < -0.39 is 35.7 Å². The van der Waals surface area contributed by atoms with Gasteiger partial charge in [0.1, 0.15) is 11.6 Å². The molecule has 0 unspecified atom stereocenters. The second-order valence-electron chi connectivity index (χ2n) is 8.11. The van der Waals surface area contributed by atoms with Gasteiger partial charge in [-0.2, -0.15) is 0 Å². The molecule has 0 aromatic heterocycles. The number of halogens is 2. The van der Waals surface area contributed by atoms with Crippen LogP contribution >= 0.6 is 0 Å². The lowest BCUT2D eigenvalue weighted by Gasteiger charge is -2.58. The van der Waals surface area contributed by atoms with Crippen LogP contribution in [-0.2, 0) is 0 Å². The van der Waals surface area contributed by atoms with E-state index in [2.05, 4.69) is 5.32 Å². The lowest BCUT2D eigenvalue weighted by atomic mass is 9.71. The Hall–Kier alpha value is -3.78. The first-order valence-electron chi connectivity index (χ1n) is 10.6. The standard InChI is InChI=1S/C25H21F2N3O3/c26-17-9-3-1-7-15(17)24(32)30-21-13-29(25(33)28-19-11-5-4-10-18(19)27)20-12-6-2-8-16(20)23(21)22(30)14-31/h1-12,21-23,31H,13-14H2,(H,28,33)/t21-,22+,23+/m1/s1. The van der Waals surface area contributed by atoms with Crippen LogP contribution in [0.3, 0.4) is 0 Å². The molecule has 3 atom stereocenters. The van der Waals surface area contributed by atoms with Crippen molar-refractivity contribution in [3.8, 4) is 0 Å². The number of urea groups is 1.